The van der Waals surface area contributed by atoms with Crippen LogP contribution < -0.4 is 5.32 Å². The zero-order valence-electron chi connectivity index (χ0n) is 15.8. The molecule has 1 aromatic carbocycles. The van der Waals surface area contributed by atoms with Gasteiger partial charge in [-0.1, -0.05) is 44.7 Å². The van der Waals surface area contributed by atoms with E-state index in [2.05, 4.69) is 41.6 Å². The van der Waals surface area contributed by atoms with Gasteiger partial charge in [0.2, 0.25) is 11.1 Å². The molecule has 1 amide bonds. The van der Waals surface area contributed by atoms with Gasteiger partial charge in [-0.15, -0.1) is 5.10 Å². The summed E-state index contributed by atoms with van der Waals surface area (Å²) in [5.41, 5.74) is 2.08. The highest BCUT2D eigenvalue weighted by Crippen LogP contribution is 2.25. The molecule has 0 saturated heterocycles. The first-order valence-corrected chi connectivity index (χ1v) is 9.57. The first-order valence-electron chi connectivity index (χ1n) is 8.69. The minimum atomic E-state index is -0.353. The Morgan fingerprint density at radius 2 is 2.00 bits per heavy atom. The summed E-state index contributed by atoms with van der Waals surface area (Å²) in [5, 5.41) is 14.8. The molecule has 0 aliphatic heterocycles. The van der Waals surface area contributed by atoms with Gasteiger partial charge in [0, 0.05) is 5.69 Å². The molecule has 3 aromatic rings. The van der Waals surface area contributed by atoms with E-state index in [0.29, 0.717) is 11.7 Å². The van der Waals surface area contributed by atoms with E-state index >= 15 is 0 Å². The second-order valence-corrected chi connectivity index (χ2v) is 8.58. The Hall–Kier alpha value is -2.61. The Balaban J connectivity index is 1.61. The lowest BCUT2D eigenvalue weighted by Gasteiger charge is -2.19. The van der Waals surface area contributed by atoms with Crippen LogP contribution in [-0.4, -0.2) is 31.4 Å². The summed E-state index contributed by atoms with van der Waals surface area (Å²) >= 11 is 1.31. The number of rotatable bonds is 6. The molecule has 1 N–H and O–H groups in total. The van der Waals surface area contributed by atoms with Crippen LogP contribution in [0.2, 0.25) is 0 Å². The zero-order chi connectivity index (χ0) is 19.4. The average Bonchev–Trinajstić information content (AvgIpc) is 3.27. The van der Waals surface area contributed by atoms with Crippen molar-refractivity contribution in [3.05, 3.63) is 54.0 Å². The number of hydrogen-bond acceptors (Lipinski definition) is 6. The molecule has 142 valence electrons. The van der Waals surface area contributed by atoms with Crippen molar-refractivity contribution in [3.8, 4) is 0 Å². The van der Waals surface area contributed by atoms with Crippen molar-refractivity contribution < 1.29 is 9.21 Å². The van der Waals surface area contributed by atoms with Gasteiger partial charge in [-0.25, -0.2) is 4.68 Å². The van der Waals surface area contributed by atoms with Gasteiger partial charge in [-0.05, 0) is 52.6 Å². The predicted molar refractivity (Wildman–Crippen MR) is 105 cm³/mol. The van der Waals surface area contributed by atoms with Crippen molar-refractivity contribution in [2.75, 3.05) is 5.32 Å². The number of amides is 1. The largest absolute Gasteiger partial charge is 0.467 e. The zero-order valence-corrected chi connectivity index (χ0v) is 16.7. The van der Waals surface area contributed by atoms with Crippen molar-refractivity contribution in [1.29, 1.82) is 0 Å². The molecule has 0 spiro atoms. The third-order valence-electron chi connectivity index (χ3n) is 4.05. The van der Waals surface area contributed by atoms with Gasteiger partial charge in [0.1, 0.15) is 12.3 Å². The molecule has 0 radical (unpaired) electrons. The normalized spacial score (nSPS) is 12.7. The van der Waals surface area contributed by atoms with E-state index in [0.717, 1.165) is 11.4 Å². The molecule has 3 rings (SSSR count). The van der Waals surface area contributed by atoms with Crippen molar-refractivity contribution in [2.45, 2.75) is 50.1 Å². The minimum Gasteiger partial charge on any atom is -0.467 e. The third-order valence-corrected chi connectivity index (χ3v) is 5.13. The Labute approximate surface area is 162 Å². The molecule has 2 heterocycles. The van der Waals surface area contributed by atoms with Gasteiger partial charge in [0.25, 0.3) is 0 Å². The van der Waals surface area contributed by atoms with Crippen LogP contribution in [0.15, 0.2) is 52.2 Å². The topological polar surface area (TPSA) is 85.8 Å². The van der Waals surface area contributed by atoms with Crippen LogP contribution in [0.5, 0.6) is 0 Å². The van der Waals surface area contributed by atoms with Crippen LogP contribution in [0, 0.1) is 0 Å². The maximum atomic E-state index is 12.5. The fraction of sp³-hybridized carbons (Fsp3) is 0.368. The van der Waals surface area contributed by atoms with Crippen molar-refractivity contribution in [2.24, 2.45) is 0 Å². The number of tetrazole rings is 1. The maximum absolute atomic E-state index is 12.5. The molecule has 0 bridgehead atoms. The summed E-state index contributed by atoms with van der Waals surface area (Å²) < 4.78 is 6.94. The van der Waals surface area contributed by atoms with E-state index < -0.39 is 0 Å². The van der Waals surface area contributed by atoms with Gasteiger partial charge in [0.15, 0.2) is 0 Å². The molecule has 7 nitrogen and oxygen atoms in total. The fourth-order valence-corrected chi connectivity index (χ4v) is 3.23. The number of benzene rings is 1. The van der Waals surface area contributed by atoms with E-state index in [-0.39, 0.29) is 16.6 Å². The second kappa shape index (κ2) is 7.96. The average molecular weight is 385 g/mol. The highest BCUT2D eigenvalue weighted by atomic mass is 32.2. The van der Waals surface area contributed by atoms with Crippen LogP contribution >= 0.6 is 11.8 Å². The van der Waals surface area contributed by atoms with Crippen molar-refractivity contribution >= 4 is 23.4 Å². The Bertz CT molecular complexity index is 882. The van der Waals surface area contributed by atoms with Crippen LogP contribution in [0.25, 0.3) is 0 Å². The fourth-order valence-electron chi connectivity index (χ4n) is 2.44. The Morgan fingerprint density at radius 3 is 2.63 bits per heavy atom. The first-order chi connectivity index (χ1) is 12.8. The van der Waals surface area contributed by atoms with Gasteiger partial charge >= 0.3 is 0 Å². The standard InChI is InChI=1S/C19H23N5O2S/c1-13(17(25)20-15-9-7-14(8-10-15)19(2,3)4)27-18-21-22-23-24(18)12-16-6-5-11-26-16/h5-11,13H,12H2,1-4H3,(H,20,25). The maximum Gasteiger partial charge on any atom is 0.237 e. The van der Waals surface area contributed by atoms with E-state index in [1.807, 2.05) is 43.3 Å². The van der Waals surface area contributed by atoms with Gasteiger partial charge in [-0.3, -0.25) is 4.79 Å². The number of nitrogens with one attached hydrogen (secondary N) is 1. The second-order valence-electron chi connectivity index (χ2n) is 7.28. The smallest absolute Gasteiger partial charge is 0.237 e. The number of carbonyl (C=O) groups is 1. The number of anilines is 1. The molecular weight excluding hydrogens is 362 g/mol. The highest BCUT2D eigenvalue weighted by molar-refractivity contribution is 8.00. The van der Waals surface area contributed by atoms with Crippen molar-refractivity contribution in [1.82, 2.24) is 20.2 Å². The molecular formula is C19H23N5O2S. The van der Waals surface area contributed by atoms with Gasteiger partial charge < -0.3 is 9.73 Å². The summed E-state index contributed by atoms with van der Waals surface area (Å²) in [5.74, 6) is 0.649. The molecule has 1 unspecified atom stereocenters. The SMILES string of the molecule is CC(Sc1nnnn1Cc1ccco1)C(=O)Nc1ccc(C(C)(C)C)cc1. The molecule has 1 atom stereocenters. The van der Waals surface area contributed by atoms with Crippen LogP contribution in [0.3, 0.4) is 0 Å². The van der Waals surface area contributed by atoms with Crippen LogP contribution in [-0.2, 0) is 16.8 Å². The van der Waals surface area contributed by atoms with Crippen molar-refractivity contribution in [3.63, 3.8) is 0 Å². The number of furan rings is 1. The Morgan fingerprint density at radius 1 is 1.26 bits per heavy atom. The van der Waals surface area contributed by atoms with E-state index in [1.54, 1.807) is 10.9 Å². The molecule has 0 saturated carbocycles. The van der Waals surface area contributed by atoms with E-state index in [9.17, 15) is 4.79 Å². The van der Waals surface area contributed by atoms with E-state index in [4.69, 9.17) is 4.42 Å². The number of nitrogens with zero attached hydrogens (tertiary/aromatic N) is 4. The van der Waals surface area contributed by atoms with Gasteiger partial charge in [0.05, 0.1) is 11.5 Å². The van der Waals surface area contributed by atoms with E-state index in [1.165, 1.54) is 17.3 Å². The summed E-state index contributed by atoms with van der Waals surface area (Å²) in [7, 11) is 0. The lowest BCUT2D eigenvalue weighted by Crippen LogP contribution is -2.23. The number of carbonyl (C=O) groups excluding carboxylic acids is 1. The minimum absolute atomic E-state index is 0.0801. The van der Waals surface area contributed by atoms with Crippen LogP contribution in [0.4, 0.5) is 5.69 Å². The molecule has 0 aliphatic rings. The lowest BCUT2D eigenvalue weighted by molar-refractivity contribution is -0.115. The monoisotopic (exact) mass is 385 g/mol. The number of hydrogen-bond donors (Lipinski definition) is 1. The number of thioether (sulfide) groups is 1. The Kier molecular flexibility index (Phi) is 5.65. The quantitative estimate of drug-likeness (QED) is 0.651. The summed E-state index contributed by atoms with van der Waals surface area (Å²) in [6.45, 7) is 8.73. The van der Waals surface area contributed by atoms with Gasteiger partial charge in [-0.2, -0.15) is 0 Å². The molecule has 2 aromatic heterocycles. The molecule has 8 heteroatoms. The third kappa shape index (κ3) is 4.97. The first kappa shape index (κ1) is 19.2. The lowest BCUT2D eigenvalue weighted by atomic mass is 9.87. The molecule has 27 heavy (non-hydrogen) atoms. The summed E-state index contributed by atoms with van der Waals surface area (Å²) in [6, 6.07) is 11.6. The highest BCUT2D eigenvalue weighted by Gasteiger charge is 2.20. The summed E-state index contributed by atoms with van der Waals surface area (Å²) in [4.78, 5) is 12.5. The predicted octanol–water partition coefficient (Wildman–Crippen LogP) is 3.73. The van der Waals surface area contributed by atoms with Crippen LogP contribution in [0.1, 0.15) is 39.0 Å². The molecule has 0 fully saturated rings. The molecule has 0 aliphatic carbocycles. The summed E-state index contributed by atoms with van der Waals surface area (Å²) in [6.07, 6.45) is 1.60. The number of aromatic nitrogens is 4.